The molecule has 0 aliphatic heterocycles. The summed E-state index contributed by atoms with van der Waals surface area (Å²) >= 11 is 0. The molecule has 2 aromatic carbocycles. The Morgan fingerprint density at radius 2 is 1.59 bits per heavy atom. The van der Waals surface area contributed by atoms with Gasteiger partial charge in [-0.3, -0.25) is 13.9 Å². The summed E-state index contributed by atoms with van der Waals surface area (Å²) in [6.45, 7) is 12.2. The summed E-state index contributed by atoms with van der Waals surface area (Å²) < 4.78 is 26.5. The van der Waals surface area contributed by atoms with E-state index in [2.05, 4.69) is 5.32 Å². The first kappa shape index (κ1) is 30.4. The van der Waals surface area contributed by atoms with Gasteiger partial charge in [-0.05, 0) is 75.8 Å². The van der Waals surface area contributed by atoms with Crippen molar-refractivity contribution in [2.24, 2.45) is 0 Å². The summed E-state index contributed by atoms with van der Waals surface area (Å²) in [7, 11) is -3.53. The van der Waals surface area contributed by atoms with E-state index < -0.39 is 16.1 Å². The Labute approximate surface area is 223 Å². The lowest BCUT2D eigenvalue weighted by atomic mass is 10.1. The van der Waals surface area contributed by atoms with Gasteiger partial charge in [-0.1, -0.05) is 49.7 Å². The Bertz CT molecular complexity index is 1160. The van der Waals surface area contributed by atoms with Crippen LogP contribution in [0.5, 0.6) is 0 Å². The van der Waals surface area contributed by atoms with E-state index in [-0.39, 0.29) is 30.8 Å². The number of sulfonamides is 1. The van der Waals surface area contributed by atoms with Crippen LogP contribution in [0.1, 0.15) is 68.7 Å². The SMILES string of the molecule is CCC(C)NC(=O)C(CC)N(Cc1cccc(C)c1)C(=O)CCCN(c1cc(C)cc(C)c1)S(C)(=O)=O. The summed E-state index contributed by atoms with van der Waals surface area (Å²) in [5, 5.41) is 3.02. The molecule has 204 valence electrons. The van der Waals surface area contributed by atoms with Crippen molar-refractivity contribution in [1.29, 1.82) is 0 Å². The topological polar surface area (TPSA) is 86.8 Å². The van der Waals surface area contributed by atoms with Gasteiger partial charge in [0.25, 0.3) is 0 Å². The van der Waals surface area contributed by atoms with Crippen molar-refractivity contribution in [2.75, 3.05) is 17.1 Å². The number of rotatable bonds is 13. The van der Waals surface area contributed by atoms with Crippen LogP contribution in [-0.4, -0.2) is 50.0 Å². The molecule has 0 radical (unpaired) electrons. The summed E-state index contributed by atoms with van der Waals surface area (Å²) in [6.07, 6.45) is 2.94. The first-order valence-electron chi connectivity index (χ1n) is 13.1. The Kier molecular flexibility index (Phi) is 11.2. The van der Waals surface area contributed by atoms with Crippen LogP contribution in [0.2, 0.25) is 0 Å². The predicted molar refractivity (Wildman–Crippen MR) is 151 cm³/mol. The van der Waals surface area contributed by atoms with Gasteiger partial charge in [-0.2, -0.15) is 0 Å². The molecule has 1 N–H and O–H groups in total. The van der Waals surface area contributed by atoms with Crippen LogP contribution in [0.25, 0.3) is 0 Å². The van der Waals surface area contributed by atoms with Gasteiger partial charge in [0.15, 0.2) is 0 Å². The number of nitrogens with one attached hydrogen (secondary N) is 1. The third kappa shape index (κ3) is 9.18. The minimum atomic E-state index is -3.53. The van der Waals surface area contributed by atoms with Gasteiger partial charge < -0.3 is 10.2 Å². The van der Waals surface area contributed by atoms with E-state index >= 15 is 0 Å². The predicted octanol–water partition coefficient (Wildman–Crippen LogP) is 4.88. The summed E-state index contributed by atoms with van der Waals surface area (Å²) in [6, 6.07) is 13.0. The highest BCUT2D eigenvalue weighted by Gasteiger charge is 2.29. The van der Waals surface area contributed by atoms with Crippen molar-refractivity contribution >= 4 is 27.5 Å². The Hall–Kier alpha value is -2.87. The molecule has 0 bridgehead atoms. The molecule has 2 aromatic rings. The molecule has 0 aliphatic rings. The summed E-state index contributed by atoms with van der Waals surface area (Å²) in [4.78, 5) is 28.3. The fourth-order valence-corrected chi connectivity index (χ4v) is 5.42. The standard InChI is InChI=1S/C29H43N3O4S/c1-8-24(6)30-29(34)27(9-2)31(20-25-13-10-12-21(3)17-25)28(33)14-11-15-32(37(7,35)36)26-18-22(4)16-23(5)19-26/h10,12-13,16-19,24,27H,8-9,11,14-15,20H2,1-7H3,(H,30,34). The molecule has 0 aromatic heterocycles. The highest BCUT2D eigenvalue weighted by atomic mass is 32.2. The van der Waals surface area contributed by atoms with Crippen LogP contribution in [-0.2, 0) is 26.2 Å². The molecule has 0 fully saturated rings. The van der Waals surface area contributed by atoms with Gasteiger partial charge in [-0.15, -0.1) is 0 Å². The first-order valence-corrected chi connectivity index (χ1v) is 14.9. The summed E-state index contributed by atoms with van der Waals surface area (Å²) in [5.41, 5.74) is 4.59. The van der Waals surface area contributed by atoms with Crippen molar-refractivity contribution in [3.8, 4) is 0 Å². The van der Waals surface area contributed by atoms with Crippen molar-refractivity contribution in [3.05, 3.63) is 64.7 Å². The fourth-order valence-electron chi connectivity index (χ4n) is 4.47. The largest absolute Gasteiger partial charge is 0.352 e. The number of anilines is 1. The number of benzene rings is 2. The Morgan fingerprint density at radius 3 is 2.14 bits per heavy atom. The van der Waals surface area contributed by atoms with Crippen LogP contribution >= 0.6 is 0 Å². The normalized spacial score (nSPS) is 13.1. The van der Waals surface area contributed by atoms with Crippen molar-refractivity contribution in [1.82, 2.24) is 10.2 Å². The highest BCUT2D eigenvalue weighted by molar-refractivity contribution is 7.92. The van der Waals surface area contributed by atoms with Gasteiger partial charge in [0.2, 0.25) is 21.8 Å². The van der Waals surface area contributed by atoms with E-state index in [9.17, 15) is 18.0 Å². The lowest BCUT2D eigenvalue weighted by Gasteiger charge is -2.32. The Balaban J connectivity index is 2.25. The van der Waals surface area contributed by atoms with E-state index in [1.807, 2.05) is 84.0 Å². The minimum absolute atomic E-state index is 0.0126. The van der Waals surface area contributed by atoms with Crippen LogP contribution < -0.4 is 9.62 Å². The van der Waals surface area contributed by atoms with Crippen molar-refractivity contribution < 1.29 is 18.0 Å². The quantitative estimate of drug-likeness (QED) is 0.401. The number of hydrogen-bond donors (Lipinski definition) is 1. The van der Waals surface area contributed by atoms with E-state index in [0.717, 1.165) is 28.7 Å². The van der Waals surface area contributed by atoms with Crippen LogP contribution in [0.15, 0.2) is 42.5 Å². The molecule has 37 heavy (non-hydrogen) atoms. The fraction of sp³-hybridized carbons (Fsp3) is 0.517. The maximum absolute atomic E-state index is 13.5. The lowest BCUT2D eigenvalue weighted by molar-refractivity contribution is -0.141. The molecule has 0 saturated carbocycles. The third-order valence-corrected chi connectivity index (χ3v) is 7.66. The highest BCUT2D eigenvalue weighted by Crippen LogP contribution is 2.22. The van der Waals surface area contributed by atoms with Crippen LogP contribution in [0.3, 0.4) is 0 Å². The average molecular weight is 530 g/mol. The molecule has 2 atom stereocenters. The van der Waals surface area contributed by atoms with Gasteiger partial charge >= 0.3 is 0 Å². The molecule has 0 saturated heterocycles. The molecular weight excluding hydrogens is 486 g/mol. The monoisotopic (exact) mass is 529 g/mol. The van der Waals surface area contributed by atoms with Crippen LogP contribution in [0, 0.1) is 20.8 Å². The molecule has 0 aliphatic carbocycles. The molecule has 7 nitrogen and oxygen atoms in total. The molecule has 2 unspecified atom stereocenters. The Morgan fingerprint density at radius 1 is 0.946 bits per heavy atom. The maximum Gasteiger partial charge on any atom is 0.243 e. The van der Waals surface area contributed by atoms with Crippen LogP contribution in [0.4, 0.5) is 5.69 Å². The molecular formula is C29H43N3O4S. The van der Waals surface area contributed by atoms with E-state index in [1.54, 1.807) is 4.90 Å². The number of carbonyl (C=O) groups excluding carboxylic acids is 2. The number of aryl methyl sites for hydroxylation is 3. The van der Waals surface area contributed by atoms with Crippen molar-refractivity contribution in [3.63, 3.8) is 0 Å². The summed E-state index contributed by atoms with van der Waals surface area (Å²) in [5.74, 6) is -0.326. The maximum atomic E-state index is 13.5. The second-order valence-corrected chi connectivity index (χ2v) is 11.9. The molecule has 2 amide bonds. The molecule has 0 heterocycles. The van der Waals surface area contributed by atoms with E-state index in [0.29, 0.717) is 25.1 Å². The number of hydrogen-bond acceptors (Lipinski definition) is 4. The minimum Gasteiger partial charge on any atom is -0.352 e. The molecule has 2 rings (SSSR count). The smallest absolute Gasteiger partial charge is 0.243 e. The zero-order valence-corrected chi connectivity index (χ0v) is 24.2. The first-order chi connectivity index (χ1) is 17.3. The lowest BCUT2D eigenvalue weighted by Crippen LogP contribution is -2.50. The van der Waals surface area contributed by atoms with Crippen molar-refractivity contribution in [2.45, 2.75) is 85.9 Å². The second-order valence-electron chi connectivity index (χ2n) is 10.0. The second kappa shape index (κ2) is 13.6. The number of nitrogens with zero attached hydrogens (tertiary/aromatic N) is 2. The van der Waals surface area contributed by atoms with Gasteiger partial charge in [0, 0.05) is 25.6 Å². The van der Waals surface area contributed by atoms with E-state index in [4.69, 9.17) is 0 Å². The number of carbonyl (C=O) groups is 2. The van der Waals surface area contributed by atoms with Gasteiger partial charge in [0.05, 0.1) is 11.9 Å². The zero-order valence-electron chi connectivity index (χ0n) is 23.4. The van der Waals surface area contributed by atoms with Gasteiger partial charge in [-0.25, -0.2) is 8.42 Å². The molecule has 8 heteroatoms. The third-order valence-electron chi connectivity index (χ3n) is 6.47. The van der Waals surface area contributed by atoms with E-state index in [1.165, 1.54) is 10.6 Å². The van der Waals surface area contributed by atoms with Gasteiger partial charge in [0.1, 0.15) is 6.04 Å². The number of amides is 2. The average Bonchev–Trinajstić information content (AvgIpc) is 2.80. The molecule has 0 spiro atoms. The zero-order chi connectivity index (χ0) is 27.8.